The minimum atomic E-state index is -7.46. The maximum absolute atomic E-state index is 13.6. The smallest absolute Gasteiger partial charge is 0.377 e. The van der Waals surface area contributed by atoms with Gasteiger partial charge in [-0.05, 0) is 0 Å². The van der Waals surface area contributed by atoms with Gasteiger partial charge in [-0.15, -0.1) is 0 Å². The normalized spacial score (nSPS) is 15.6. The summed E-state index contributed by atoms with van der Waals surface area (Å²) < 4.78 is 155. The van der Waals surface area contributed by atoms with Gasteiger partial charge in [-0.25, -0.2) is 4.39 Å². The van der Waals surface area contributed by atoms with E-state index in [4.69, 9.17) is 0 Å². The van der Waals surface area contributed by atoms with Crippen LogP contribution in [0.4, 0.5) is 48.3 Å². The Morgan fingerprint density at radius 2 is 0.960 bits per heavy atom. The fourth-order valence-electron chi connectivity index (χ4n) is 1.79. The average Bonchev–Trinajstić information content (AvgIpc) is 2.45. The van der Waals surface area contributed by atoms with Crippen LogP contribution >= 0.6 is 0 Å². The second-order valence-corrected chi connectivity index (χ2v) is 7.82. The minimum Gasteiger partial charge on any atom is -0.377 e. The average molecular weight is 418 g/mol. The highest BCUT2D eigenvalue weighted by Crippen LogP contribution is 2.60. The third-order valence-corrected chi connectivity index (χ3v) is 6.08. The van der Waals surface area contributed by atoms with Crippen LogP contribution in [0.15, 0.2) is 0 Å². The molecular formula is C10H13F11O3Si. The van der Waals surface area contributed by atoms with Crippen molar-refractivity contribution in [1.29, 1.82) is 0 Å². The monoisotopic (exact) mass is 418 g/mol. The highest BCUT2D eigenvalue weighted by atomic mass is 28.4. The Kier molecular flexibility index (Phi) is 6.96. The molecule has 0 saturated heterocycles. The molecule has 15 heteroatoms. The highest BCUT2D eigenvalue weighted by Gasteiger charge is 2.89. The van der Waals surface area contributed by atoms with E-state index in [0.717, 1.165) is 21.3 Å². The Morgan fingerprint density at radius 1 is 0.640 bits per heavy atom. The van der Waals surface area contributed by atoms with Crippen molar-refractivity contribution in [2.75, 3.05) is 21.3 Å². The molecule has 0 aromatic carbocycles. The third-order valence-electron chi connectivity index (χ3n) is 3.35. The summed E-state index contributed by atoms with van der Waals surface area (Å²) in [7, 11) is -1.55. The second kappa shape index (κ2) is 7.15. The van der Waals surface area contributed by atoms with Crippen LogP contribution in [0.3, 0.4) is 0 Å². The van der Waals surface area contributed by atoms with Gasteiger partial charge >= 0.3 is 38.7 Å². The van der Waals surface area contributed by atoms with Gasteiger partial charge in [-0.2, -0.15) is 43.9 Å². The van der Waals surface area contributed by atoms with Crippen molar-refractivity contribution in [1.82, 2.24) is 0 Å². The lowest BCUT2D eigenvalue weighted by Crippen LogP contribution is -2.70. The van der Waals surface area contributed by atoms with Gasteiger partial charge in [0.05, 0.1) is 0 Å². The number of halogens is 11. The zero-order valence-corrected chi connectivity index (χ0v) is 13.8. The molecule has 0 amide bonds. The maximum atomic E-state index is 13.6. The van der Waals surface area contributed by atoms with E-state index in [9.17, 15) is 48.3 Å². The second-order valence-electron chi connectivity index (χ2n) is 4.73. The zero-order valence-electron chi connectivity index (χ0n) is 12.8. The number of rotatable bonds is 8. The Balaban J connectivity index is 5.94. The van der Waals surface area contributed by atoms with Crippen LogP contribution in [-0.4, -0.2) is 60.0 Å². The van der Waals surface area contributed by atoms with E-state index in [1.54, 1.807) is 0 Å². The van der Waals surface area contributed by atoms with E-state index in [0.29, 0.717) is 0 Å². The van der Waals surface area contributed by atoms with Gasteiger partial charge in [0.2, 0.25) is 0 Å². The lowest BCUT2D eigenvalue weighted by Gasteiger charge is -2.40. The molecule has 0 spiro atoms. The Hall–Kier alpha value is -0.673. The van der Waals surface area contributed by atoms with Gasteiger partial charge in [0.1, 0.15) is 0 Å². The van der Waals surface area contributed by atoms with Gasteiger partial charge < -0.3 is 13.3 Å². The molecule has 0 saturated carbocycles. The predicted molar refractivity (Wildman–Crippen MR) is 62.0 cm³/mol. The van der Waals surface area contributed by atoms with E-state index in [2.05, 4.69) is 13.3 Å². The quantitative estimate of drug-likeness (QED) is 0.433. The highest BCUT2D eigenvalue weighted by molar-refractivity contribution is 6.60. The topological polar surface area (TPSA) is 27.7 Å². The molecule has 0 unspecified atom stereocenters. The molecular weight excluding hydrogens is 405 g/mol. The van der Waals surface area contributed by atoms with E-state index in [1.165, 1.54) is 0 Å². The van der Waals surface area contributed by atoms with Gasteiger partial charge in [0.25, 0.3) is 0 Å². The van der Waals surface area contributed by atoms with Gasteiger partial charge in [-0.1, -0.05) is 0 Å². The van der Waals surface area contributed by atoms with Crippen molar-refractivity contribution in [2.45, 2.75) is 42.3 Å². The van der Waals surface area contributed by atoms with Crippen LogP contribution in [0.5, 0.6) is 0 Å². The standard InChI is InChI=1S/C10H13F11O3Si/c1-22-25(23-2,24-3)5-4-6(11,12)8(14,15)7(13,9(16,17)18)10(19,20)21/h4-5H2,1-3H3. The van der Waals surface area contributed by atoms with Crippen molar-refractivity contribution in [3.63, 3.8) is 0 Å². The van der Waals surface area contributed by atoms with Gasteiger partial charge in [0.15, 0.2) is 0 Å². The summed E-state index contributed by atoms with van der Waals surface area (Å²) in [6.07, 6.45) is -17.0. The van der Waals surface area contributed by atoms with E-state index < -0.39 is 51.1 Å². The van der Waals surface area contributed by atoms with Crippen LogP contribution in [-0.2, 0) is 13.3 Å². The molecule has 0 aromatic heterocycles. The molecule has 152 valence electrons. The number of hydrogen-bond acceptors (Lipinski definition) is 3. The molecule has 0 aliphatic heterocycles. The molecule has 25 heavy (non-hydrogen) atoms. The summed E-state index contributed by atoms with van der Waals surface area (Å²) in [6, 6.07) is -1.30. The van der Waals surface area contributed by atoms with Crippen molar-refractivity contribution >= 4 is 8.80 Å². The molecule has 0 aliphatic rings. The molecule has 0 rings (SSSR count). The van der Waals surface area contributed by atoms with Gasteiger partial charge in [0, 0.05) is 33.8 Å². The molecule has 0 atom stereocenters. The predicted octanol–water partition coefficient (Wildman–Crippen LogP) is 4.36. The van der Waals surface area contributed by atoms with Crippen LogP contribution in [0.1, 0.15) is 6.42 Å². The number of hydrogen-bond donors (Lipinski definition) is 0. The maximum Gasteiger partial charge on any atom is 0.500 e. The summed E-state index contributed by atoms with van der Waals surface area (Å²) in [5, 5.41) is 0. The Morgan fingerprint density at radius 3 is 1.20 bits per heavy atom. The summed E-state index contributed by atoms with van der Waals surface area (Å²) >= 11 is 0. The van der Waals surface area contributed by atoms with Crippen LogP contribution < -0.4 is 0 Å². The molecule has 0 bridgehead atoms. The lowest BCUT2D eigenvalue weighted by molar-refractivity contribution is -0.426. The fourth-order valence-corrected chi connectivity index (χ4v) is 3.52. The van der Waals surface area contributed by atoms with Crippen LogP contribution in [0.2, 0.25) is 6.04 Å². The summed E-state index contributed by atoms with van der Waals surface area (Å²) in [5.74, 6) is -13.2. The lowest BCUT2D eigenvalue weighted by atomic mass is 9.89. The SMILES string of the molecule is CO[Si](CCC(F)(F)C(F)(F)C(F)(C(F)(F)F)C(F)(F)F)(OC)OC. The first-order valence-electron chi connectivity index (χ1n) is 6.12. The number of alkyl halides is 11. The molecule has 0 radical (unpaired) electrons. The van der Waals surface area contributed by atoms with E-state index in [1.807, 2.05) is 0 Å². The van der Waals surface area contributed by atoms with Crippen LogP contribution in [0, 0.1) is 0 Å². The zero-order chi connectivity index (χ0) is 20.5. The molecule has 0 aromatic rings. The Labute approximate surface area is 135 Å². The molecule has 3 nitrogen and oxygen atoms in total. The molecule has 0 N–H and O–H groups in total. The fraction of sp³-hybridized carbons (Fsp3) is 1.00. The van der Waals surface area contributed by atoms with Gasteiger partial charge in [-0.3, -0.25) is 0 Å². The largest absolute Gasteiger partial charge is 0.500 e. The van der Waals surface area contributed by atoms with E-state index in [-0.39, 0.29) is 0 Å². The van der Waals surface area contributed by atoms with Crippen molar-refractivity contribution < 1.29 is 61.6 Å². The first-order chi connectivity index (χ1) is 10.9. The van der Waals surface area contributed by atoms with Crippen molar-refractivity contribution in [3.05, 3.63) is 0 Å². The Bertz CT molecular complexity index is 422. The molecule has 0 fully saturated rings. The summed E-state index contributed by atoms with van der Waals surface area (Å²) in [5.41, 5.74) is -7.46. The molecule has 0 heterocycles. The van der Waals surface area contributed by atoms with Crippen LogP contribution in [0.25, 0.3) is 0 Å². The summed E-state index contributed by atoms with van der Waals surface area (Å²) in [6.45, 7) is 0. The summed E-state index contributed by atoms with van der Waals surface area (Å²) in [4.78, 5) is 0. The first-order valence-corrected chi connectivity index (χ1v) is 8.05. The first kappa shape index (κ1) is 24.3. The van der Waals surface area contributed by atoms with Crippen molar-refractivity contribution in [3.8, 4) is 0 Å². The van der Waals surface area contributed by atoms with Crippen molar-refractivity contribution in [2.24, 2.45) is 0 Å². The third kappa shape index (κ3) is 4.03. The molecule has 0 aliphatic carbocycles. The van der Waals surface area contributed by atoms with E-state index >= 15 is 0 Å². The minimum absolute atomic E-state index is 0.834.